The molecule has 1 unspecified atom stereocenters. The summed E-state index contributed by atoms with van der Waals surface area (Å²) in [5, 5.41) is 0. The molecule has 76 valence electrons. The SMILES string of the molecule is COc1ccc(C)cc1C1CC1(Br)Br. The van der Waals surface area contributed by atoms with Gasteiger partial charge < -0.3 is 4.74 Å². The van der Waals surface area contributed by atoms with Crippen LogP contribution in [0.25, 0.3) is 0 Å². The number of rotatable bonds is 2. The molecule has 1 nitrogen and oxygen atoms in total. The van der Waals surface area contributed by atoms with Crippen molar-refractivity contribution in [2.45, 2.75) is 22.5 Å². The molecule has 0 amide bonds. The van der Waals surface area contributed by atoms with Crippen molar-refractivity contribution in [3.63, 3.8) is 0 Å². The highest BCUT2D eigenvalue weighted by Gasteiger charge is 2.52. The molecule has 0 spiro atoms. The zero-order chi connectivity index (χ0) is 10.3. The quantitative estimate of drug-likeness (QED) is 0.749. The van der Waals surface area contributed by atoms with E-state index in [0.717, 1.165) is 12.2 Å². The predicted octanol–water partition coefficient (Wildman–Crippen LogP) is 3.98. The van der Waals surface area contributed by atoms with Gasteiger partial charge in [-0.3, -0.25) is 0 Å². The lowest BCUT2D eigenvalue weighted by Gasteiger charge is -2.09. The average Bonchev–Trinajstić information content (AvgIpc) is 2.75. The van der Waals surface area contributed by atoms with Crippen molar-refractivity contribution in [1.29, 1.82) is 0 Å². The Morgan fingerprint density at radius 1 is 1.43 bits per heavy atom. The maximum absolute atomic E-state index is 5.35. The zero-order valence-electron chi connectivity index (χ0n) is 8.18. The molecule has 0 saturated heterocycles. The summed E-state index contributed by atoms with van der Waals surface area (Å²) >= 11 is 7.28. The van der Waals surface area contributed by atoms with Crippen molar-refractivity contribution in [2.75, 3.05) is 7.11 Å². The molecule has 0 bridgehead atoms. The second-order valence-electron chi connectivity index (χ2n) is 3.76. The molecule has 2 rings (SSSR count). The Balaban J connectivity index is 2.37. The summed E-state index contributed by atoms with van der Waals surface area (Å²) in [6.45, 7) is 2.11. The molecule has 1 aromatic carbocycles. The lowest BCUT2D eigenvalue weighted by Crippen LogP contribution is -1.94. The second-order valence-corrected chi connectivity index (χ2v) is 7.66. The minimum atomic E-state index is 0.0983. The normalized spacial score (nSPS) is 23.3. The molecule has 0 aliphatic heterocycles. The van der Waals surface area contributed by atoms with Gasteiger partial charge in [0, 0.05) is 5.92 Å². The molecule has 1 atom stereocenters. The van der Waals surface area contributed by atoms with Gasteiger partial charge in [-0.25, -0.2) is 0 Å². The number of hydrogen-bond acceptors (Lipinski definition) is 1. The van der Waals surface area contributed by atoms with Crippen LogP contribution >= 0.6 is 31.9 Å². The fraction of sp³-hybridized carbons (Fsp3) is 0.455. The van der Waals surface area contributed by atoms with Crippen molar-refractivity contribution in [3.8, 4) is 5.75 Å². The van der Waals surface area contributed by atoms with E-state index in [9.17, 15) is 0 Å². The van der Waals surface area contributed by atoms with E-state index >= 15 is 0 Å². The molecule has 1 aromatic rings. The maximum atomic E-state index is 5.35. The van der Waals surface area contributed by atoms with Crippen LogP contribution in [0.2, 0.25) is 0 Å². The van der Waals surface area contributed by atoms with Gasteiger partial charge in [0.25, 0.3) is 0 Å². The van der Waals surface area contributed by atoms with Gasteiger partial charge in [0.05, 0.1) is 10.3 Å². The first-order chi connectivity index (χ1) is 6.54. The Morgan fingerprint density at radius 3 is 2.57 bits per heavy atom. The number of methoxy groups -OCH3 is 1. The lowest BCUT2D eigenvalue weighted by atomic mass is 10.1. The van der Waals surface area contributed by atoms with Gasteiger partial charge >= 0.3 is 0 Å². The van der Waals surface area contributed by atoms with Gasteiger partial charge in [0.15, 0.2) is 0 Å². The summed E-state index contributed by atoms with van der Waals surface area (Å²) in [5.41, 5.74) is 2.57. The van der Waals surface area contributed by atoms with Crippen LogP contribution in [0.3, 0.4) is 0 Å². The van der Waals surface area contributed by atoms with Crippen molar-refractivity contribution in [2.24, 2.45) is 0 Å². The van der Waals surface area contributed by atoms with E-state index in [2.05, 4.69) is 50.9 Å². The van der Waals surface area contributed by atoms with Gasteiger partial charge in [-0.1, -0.05) is 49.6 Å². The van der Waals surface area contributed by atoms with Gasteiger partial charge in [0.2, 0.25) is 0 Å². The van der Waals surface area contributed by atoms with Crippen molar-refractivity contribution >= 4 is 31.9 Å². The number of hydrogen-bond donors (Lipinski definition) is 0. The van der Waals surface area contributed by atoms with Crippen LogP contribution in [0.5, 0.6) is 5.75 Å². The first-order valence-electron chi connectivity index (χ1n) is 4.57. The molecule has 0 aromatic heterocycles. The van der Waals surface area contributed by atoms with E-state index in [0.29, 0.717) is 5.92 Å². The van der Waals surface area contributed by atoms with E-state index < -0.39 is 0 Å². The third-order valence-electron chi connectivity index (χ3n) is 2.59. The molecule has 1 saturated carbocycles. The summed E-state index contributed by atoms with van der Waals surface area (Å²) in [4.78, 5) is 0. The fourth-order valence-electron chi connectivity index (χ4n) is 1.68. The van der Waals surface area contributed by atoms with E-state index in [1.54, 1.807) is 7.11 Å². The Hall–Kier alpha value is -0.0200. The molecule has 0 radical (unpaired) electrons. The van der Waals surface area contributed by atoms with Crippen LogP contribution in [0, 0.1) is 6.92 Å². The van der Waals surface area contributed by atoms with E-state index in [1.165, 1.54) is 11.1 Å². The van der Waals surface area contributed by atoms with Crippen molar-refractivity contribution < 1.29 is 4.74 Å². The summed E-state index contributed by atoms with van der Waals surface area (Å²) in [6.07, 6.45) is 1.12. The summed E-state index contributed by atoms with van der Waals surface area (Å²) in [7, 11) is 1.72. The Kier molecular flexibility index (Phi) is 2.64. The molecule has 1 aliphatic rings. The van der Waals surface area contributed by atoms with E-state index in [1.807, 2.05) is 6.07 Å². The van der Waals surface area contributed by atoms with Crippen LogP contribution in [-0.2, 0) is 0 Å². The number of ether oxygens (including phenoxy) is 1. The average molecular weight is 320 g/mol. The monoisotopic (exact) mass is 318 g/mol. The van der Waals surface area contributed by atoms with Crippen molar-refractivity contribution in [3.05, 3.63) is 29.3 Å². The molecule has 1 aliphatic carbocycles. The molecule has 0 N–H and O–H groups in total. The smallest absolute Gasteiger partial charge is 0.122 e. The molecular formula is C11H12Br2O. The van der Waals surface area contributed by atoms with Gasteiger partial charge in [-0.2, -0.15) is 0 Å². The highest BCUT2D eigenvalue weighted by atomic mass is 79.9. The molecule has 0 heterocycles. The number of aryl methyl sites for hydroxylation is 1. The highest BCUT2D eigenvalue weighted by molar-refractivity contribution is 9.25. The Labute approximate surface area is 101 Å². The van der Waals surface area contributed by atoms with Gasteiger partial charge in [-0.15, -0.1) is 0 Å². The van der Waals surface area contributed by atoms with Crippen LogP contribution in [0.1, 0.15) is 23.5 Å². The topological polar surface area (TPSA) is 9.23 Å². The number of alkyl halides is 2. The first-order valence-corrected chi connectivity index (χ1v) is 6.15. The Bertz CT molecular complexity index is 360. The number of halogens is 2. The summed E-state index contributed by atoms with van der Waals surface area (Å²) < 4.78 is 5.45. The highest BCUT2D eigenvalue weighted by Crippen LogP contribution is 2.63. The standard InChI is InChI=1S/C11H12Br2O/c1-7-3-4-10(14-2)8(5-7)9-6-11(9,12)13/h3-5,9H,6H2,1-2H3. The largest absolute Gasteiger partial charge is 0.496 e. The first kappa shape index (κ1) is 10.5. The molecule has 14 heavy (non-hydrogen) atoms. The van der Waals surface area contributed by atoms with Gasteiger partial charge in [-0.05, 0) is 25.0 Å². The van der Waals surface area contributed by atoms with Gasteiger partial charge in [0.1, 0.15) is 5.75 Å². The molecular weight excluding hydrogens is 308 g/mol. The lowest BCUT2D eigenvalue weighted by molar-refractivity contribution is 0.409. The summed E-state index contributed by atoms with van der Waals surface area (Å²) in [6, 6.07) is 6.32. The fourth-order valence-corrected chi connectivity index (χ4v) is 2.82. The summed E-state index contributed by atoms with van der Waals surface area (Å²) in [5.74, 6) is 1.51. The van der Waals surface area contributed by atoms with Crippen LogP contribution in [0.15, 0.2) is 18.2 Å². The molecule has 1 fully saturated rings. The maximum Gasteiger partial charge on any atom is 0.122 e. The second kappa shape index (κ2) is 3.53. The van der Waals surface area contributed by atoms with E-state index in [-0.39, 0.29) is 3.23 Å². The molecule has 3 heteroatoms. The predicted molar refractivity (Wildman–Crippen MR) is 65.7 cm³/mol. The van der Waals surface area contributed by atoms with Crippen LogP contribution < -0.4 is 4.74 Å². The van der Waals surface area contributed by atoms with Crippen molar-refractivity contribution in [1.82, 2.24) is 0 Å². The minimum Gasteiger partial charge on any atom is -0.496 e. The third kappa shape index (κ3) is 1.84. The third-order valence-corrected chi connectivity index (χ3v) is 4.34. The van der Waals surface area contributed by atoms with E-state index in [4.69, 9.17) is 4.74 Å². The minimum absolute atomic E-state index is 0.0983. The zero-order valence-corrected chi connectivity index (χ0v) is 11.4. The Morgan fingerprint density at radius 2 is 2.07 bits per heavy atom. The van der Waals surface area contributed by atoms with Crippen LogP contribution in [0.4, 0.5) is 0 Å². The number of benzene rings is 1. The van der Waals surface area contributed by atoms with Crippen LogP contribution in [-0.4, -0.2) is 10.3 Å².